The van der Waals surface area contributed by atoms with Crippen LogP contribution in [-0.2, 0) is 6.42 Å². The number of anilines is 2. The third-order valence-electron chi connectivity index (χ3n) is 3.72. The summed E-state index contributed by atoms with van der Waals surface area (Å²) in [6.07, 6.45) is 0.754. The number of fused-ring (bicyclic) bond motifs is 1. The summed E-state index contributed by atoms with van der Waals surface area (Å²) in [5.74, 6) is 0.891. The van der Waals surface area contributed by atoms with Gasteiger partial charge in [-0.05, 0) is 44.0 Å². The van der Waals surface area contributed by atoms with Crippen molar-refractivity contribution in [3.8, 4) is 6.07 Å². The Balaban J connectivity index is 2.12. The van der Waals surface area contributed by atoms with E-state index < -0.39 is 0 Å². The molecule has 4 nitrogen and oxygen atoms in total. The van der Waals surface area contributed by atoms with E-state index in [1.807, 2.05) is 32.0 Å². The molecule has 0 fully saturated rings. The van der Waals surface area contributed by atoms with Gasteiger partial charge in [-0.15, -0.1) is 0 Å². The van der Waals surface area contributed by atoms with Crippen molar-refractivity contribution >= 4 is 11.5 Å². The van der Waals surface area contributed by atoms with Crippen molar-refractivity contribution in [1.29, 1.82) is 5.26 Å². The number of aryl methyl sites for hydroxylation is 2. The second-order valence-corrected chi connectivity index (χ2v) is 5.16. The van der Waals surface area contributed by atoms with Crippen molar-refractivity contribution in [3.63, 3.8) is 0 Å². The van der Waals surface area contributed by atoms with Crippen LogP contribution < -0.4 is 10.3 Å². The van der Waals surface area contributed by atoms with Crippen LogP contribution in [0.25, 0.3) is 0 Å². The lowest BCUT2D eigenvalue weighted by molar-refractivity contribution is 0.981. The smallest absolute Gasteiger partial charge is 0.187 e. The zero-order chi connectivity index (χ0) is 14.3. The summed E-state index contributed by atoms with van der Waals surface area (Å²) in [6, 6.07) is 9.43. The lowest BCUT2D eigenvalue weighted by Gasteiger charge is -2.21. The number of nitriles is 1. The fourth-order valence-electron chi connectivity index (χ4n) is 2.77. The molecule has 0 atom stereocenters. The summed E-state index contributed by atoms with van der Waals surface area (Å²) in [5, 5.41) is 8.94. The number of hydrogen-bond acceptors (Lipinski definition) is 3. The quantitative estimate of drug-likeness (QED) is 0.862. The molecule has 0 saturated carbocycles. The normalized spacial score (nSPS) is 13.2. The van der Waals surface area contributed by atoms with E-state index in [9.17, 15) is 4.79 Å². The topological polar surface area (TPSA) is 59.9 Å². The third kappa shape index (κ3) is 1.88. The van der Waals surface area contributed by atoms with Gasteiger partial charge >= 0.3 is 0 Å². The number of nitrogens with zero attached hydrogens (tertiary/aromatic N) is 2. The first-order valence-corrected chi connectivity index (χ1v) is 6.61. The number of hydrogen-bond donors (Lipinski definition) is 1. The van der Waals surface area contributed by atoms with Crippen LogP contribution in [0.5, 0.6) is 0 Å². The Morgan fingerprint density at radius 3 is 2.80 bits per heavy atom. The van der Waals surface area contributed by atoms with Crippen molar-refractivity contribution in [3.05, 3.63) is 56.9 Å². The van der Waals surface area contributed by atoms with Crippen LogP contribution in [0.15, 0.2) is 29.1 Å². The summed E-state index contributed by atoms with van der Waals surface area (Å²) in [6.45, 7) is 4.67. The van der Waals surface area contributed by atoms with Crippen molar-refractivity contribution < 1.29 is 0 Å². The van der Waals surface area contributed by atoms with E-state index in [0.29, 0.717) is 5.56 Å². The molecule has 1 aromatic carbocycles. The van der Waals surface area contributed by atoms with Gasteiger partial charge in [0.2, 0.25) is 0 Å². The highest BCUT2D eigenvalue weighted by Gasteiger charge is 2.24. The minimum Gasteiger partial charge on any atom is -0.345 e. The van der Waals surface area contributed by atoms with Gasteiger partial charge in [-0.2, -0.15) is 5.26 Å². The summed E-state index contributed by atoms with van der Waals surface area (Å²) >= 11 is 0. The average molecular weight is 265 g/mol. The van der Waals surface area contributed by atoms with Crippen molar-refractivity contribution in [2.24, 2.45) is 0 Å². The molecule has 100 valence electrons. The molecule has 0 unspecified atom stereocenters. The predicted molar refractivity (Wildman–Crippen MR) is 78.4 cm³/mol. The van der Waals surface area contributed by atoms with Crippen LogP contribution in [-0.4, -0.2) is 11.5 Å². The average Bonchev–Trinajstić information content (AvgIpc) is 2.82. The number of pyridine rings is 1. The Hall–Kier alpha value is -2.54. The summed E-state index contributed by atoms with van der Waals surface area (Å²) in [5.41, 5.74) is 4.56. The molecule has 0 radical (unpaired) electrons. The van der Waals surface area contributed by atoms with Crippen molar-refractivity contribution in [1.82, 2.24) is 4.98 Å². The molecule has 1 aliphatic heterocycles. The number of benzene rings is 1. The first kappa shape index (κ1) is 12.5. The summed E-state index contributed by atoms with van der Waals surface area (Å²) in [4.78, 5) is 17.4. The van der Waals surface area contributed by atoms with Gasteiger partial charge in [-0.3, -0.25) is 4.79 Å². The second kappa shape index (κ2) is 4.53. The van der Waals surface area contributed by atoms with Gasteiger partial charge in [0.25, 0.3) is 0 Å². The molecule has 2 heterocycles. The van der Waals surface area contributed by atoms with E-state index in [2.05, 4.69) is 16.0 Å². The fraction of sp³-hybridized carbons (Fsp3) is 0.250. The first-order chi connectivity index (χ1) is 9.60. The molecule has 0 amide bonds. The molecular weight excluding hydrogens is 250 g/mol. The Morgan fingerprint density at radius 1 is 1.30 bits per heavy atom. The Bertz CT molecular complexity index is 783. The van der Waals surface area contributed by atoms with Crippen LogP contribution in [0.4, 0.5) is 11.5 Å². The predicted octanol–water partition coefficient (Wildman–Crippen LogP) is 2.56. The molecule has 0 aliphatic carbocycles. The maximum Gasteiger partial charge on any atom is 0.187 e. The van der Waals surface area contributed by atoms with Crippen molar-refractivity contribution in [2.75, 3.05) is 11.4 Å². The molecule has 4 heteroatoms. The van der Waals surface area contributed by atoms with Crippen molar-refractivity contribution in [2.45, 2.75) is 20.3 Å². The summed E-state index contributed by atoms with van der Waals surface area (Å²) in [7, 11) is 0. The van der Waals surface area contributed by atoms with Gasteiger partial charge in [0.05, 0.1) is 11.6 Å². The number of rotatable bonds is 1. The third-order valence-corrected chi connectivity index (χ3v) is 3.72. The van der Waals surface area contributed by atoms with Gasteiger partial charge in [-0.1, -0.05) is 0 Å². The zero-order valence-electron chi connectivity index (χ0n) is 11.5. The van der Waals surface area contributed by atoms with Crippen LogP contribution in [0, 0.1) is 25.2 Å². The van der Waals surface area contributed by atoms with Gasteiger partial charge in [0, 0.05) is 29.6 Å². The molecule has 2 aromatic rings. The van der Waals surface area contributed by atoms with Gasteiger partial charge < -0.3 is 9.88 Å². The minimum absolute atomic E-state index is 0.102. The van der Waals surface area contributed by atoms with Crippen LogP contribution in [0.3, 0.4) is 0 Å². The highest BCUT2D eigenvalue weighted by atomic mass is 16.1. The van der Waals surface area contributed by atoms with Gasteiger partial charge in [0.15, 0.2) is 5.43 Å². The molecule has 0 bridgehead atoms. The molecule has 0 spiro atoms. The van der Waals surface area contributed by atoms with Crippen LogP contribution in [0.1, 0.15) is 22.4 Å². The SMILES string of the molecule is Cc1cc(=O)c2c([nH]1)N(c1ccc(C#N)cc1C)CC2. The molecule has 1 aliphatic rings. The Labute approximate surface area is 117 Å². The largest absolute Gasteiger partial charge is 0.345 e. The Morgan fingerprint density at radius 2 is 2.10 bits per heavy atom. The van der Waals surface area contributed by atoms with E-state index in [1.165, 1.54) is 0 Å². The highest BCUT2D eigenvalue weighted by Crippen LogP contribution is 2.33. The molecule has 1 aromatic heterocycles. The lowest BCUT2D eigenvalue weighted by atomic mass is 10.1. The van der Waals surface area contributed by atoms with Crippen LogP contribution >= 0.6 is 0 Å². The molecule has 0 saturated heterocycles. The lowest BCUT2D eigenvalue weighted by Crippen LogP contribution is -2.16. The highest BCUT2D eigenvalue weighted by molar-refractivity contribution is 5.69. The number of H-pyrrole nitrogens is 1. The molecular formula is C16H15N3O. The second-order valence-electron chi connectivity index (χ2n) is 5.16. The van der Waals surface area contributed by atoms with E-state index in [0.717, 1.165) is 41.3 Å². The number of aromatic nitrogens is 1. The van der Waals surface area contributed by atoms with E-state index in [1.54, 1.807) is 6.07 Å². The standard InChI is InChI=1S/C16H15N3O/c1-10-7-12(9-17)3-4-14(10)19-6-5-13-15(20)8-11(2)18-16(13)19/h3-4,7-8H,5-6H2,1-2H3,(H,18,20). The van der Waals surface area contributed by atoms with E-state index in [-0.39, 0.29) is 5.43 Å². The zero-order valence-corrected chi connectivity index (χ0v) is 11.5. The molecule has 20 heavy (non-hydrogen) atoms. The molecule has 1 N–H and O–H groups in total. The Kier molecular flexibility index (Phi) is 2.83. The minimum atomic E-state index is 0.102. The monoisotopic (exact) mass is 265 g/mol. The van der Waals surface area contributed by atoms with Gasteiger partial charge in [0.1, 0.15) is 5.82 Å². The van der Waals surface area contributed by atoms with Gasteiger partial charge in [-0.25, -0.2) is 0 Å². The fourth-order valence-corrected chi connectivity index (χ4v) is 2.77. The van der Waals surface area contributed by atoms with E-state index >= 15 is 0 Å². The van der Waals surface area contributed by atoms with E-state index in [4.69, 9.17) is 5.26 Å². The van der Waals surface area contributed by atoms with Crippen LogP contribution in [0.2, 0.25) is 0 Å². The number of nitrogens with one attached hydrogen (secondary N) is 1. The maximum atomic E-state index is 12.0. The maximum absolute atomic E-state index is 12.0. The molecule has 3 rings (SSSR count). The summed E-state index contributed by atoms with van der Waals surface area (Å²) < 4.78 is 0. The first-order valence-electron chi connectivity index (χ1n) is 6.61. The number of aromatic amines is 1.